The molecule has 1 aromatic heterocycles. The van der Waals surface area contributed by atoms with Crippen molar-refractivity contribution in [2.45, 2.75) is 60.2 Å². The molecule has 1 N–H and O–H groups in total. The lowest BCUT2D eigenvalue weighted by molar-refractivity contribution is -0.674. The number of hydrogen-bond acceptors (Lipinski definition) is 3. The number of rotatable bonds is 7. The molecule has 0 aliphatic heterocycles. The van der Waals surface area contributed by atoms with Crippen LogP contribution >= 0.6 is 0 Å². The molecule has 25 heavy (non-hydrogen) atoms. The second-order valence-corrected chi connectivity index (χ2v) is 6.18. The van der Waals surface area contributed by atoms with Crippen LogP contribution < -0.4 is 9.88 Å². The summed E-state index contributed by atoms with van der Waals surface area (Å²) >= 11 is 0. The first kappa shape index (κ1) is 19.0. The third kappa shape index (κ3) is 4.00. The van der Waals surface area contributed by atoms with Crippen molar-refractivity contribution in [3.05, 3.63) is 29.6 Å². The van der Waals surface area contributed by atoms with Crippen LogP contribution in [0.25, 0.3) is 11.0 Å². The number of ether oxygens (including phenoxy) is 1. The van der Waals surface area contributed by atoms with Crippen molar-refractivity contribution in [3.8, 4) is 0 Å². The Morgan fingerprint density at radius 1 is 1.28 bits per heavy atom. The highest BCUT2D eigenvalue weighted by Crippen LogP contribution is 2.17. The van der Waals surface area contributed by atoms with Crippen LogP contribution in [0.5, 0.6) is 0 Å². The van der Waals surface area contributed by atoms with Gasteiger partial charge in [0.1, 0.15) is 0 Å². The minimum absolute atomic E-state index is 0.0286. The number of esters is 1. The van der Waals surface area contributed by atoms with E-state index in [2.05, 4.69) is 16.8 Å². The Morgan fingerprint density at radius 2 is 2.00 bits per heavy atom. The highest BCUT2D eigenvalue weighted by Gasteiger charge is 2.24. The van der Waals surface area contributed by atoms with Crippen molar-refractivity contribution in [1.29, 1.82) is 0 Å². The largest absolute Gasteiger partial charge is 0.462 e. The molecule has 1 heterocycles. The lowest BCUT2D eigenvalue weighted by Gasteiger charge is -2.10. The molecule has 2 rings (SSSR count). The number of carbonyl (C=O) groups is 2. The zero-order valence-corrected chi connectivity index (χ0v) is 15.8. The molecule has 0 aliphatic carbocycles. The number of imidazole rings is 1. The van der Waals surface area contributed by atoms with Gasteiger partial charge in [0.15, 0.2) is 17.6 Å². The van der Waals surface area contributed by atoms with Crippen LogP contribution in [0.4, 0.5) is 0 Å². The van der Waals surface area contributed by atoms with Crippen LogP contribution in [0.2, 0.25) is 0 Å². The van der Waals surface area contributed by atoms with E-state index in [-0.39, 0.29) is 24.5 Å². The summed E-state index contributed by atoms with van der Waals surface area (Å²) in [5, 5.41) is 2.99. The Bertz CT molecular complexity index is 780. The van der Waals surface area contributed by atoms with E-state index >= 15 is 0 Å². The predicted molar refractivity (Wildman–Crippen MR) is 96.4 cm³/mol. The average Bonchev–Trinajstić information content (AvgIpc) is 2.85. The molecule has 0 aliphatic rings. The van der Waals surface area contributed by atoms with Crippen molar-refractivity contribution in [2.24, 2.45) is 0 Å². The summed E-state index contributed by atoms with van der Waals surface area (Å²) in [6.45, 7) is 11.2. The molecule has 6 nitrogen and oxygen atoms in total. The SMILES string of the molecule is CCOC(=O)c1ccc2c(c1)n(CC(=O)N[C@H](C)CC)c(C)[n+]2CC. The number of aryl methyl sites for hydroxylation is 1. The van der Waals surface area contributed by atoms with E-state index in [9.17, 15) is 9.59 Å². The number of nitrogens with zero attached hydrogens (tertiary/aromatic N) is 2. The highest BCUT2D eigenvalue weighted by atomic mass is 16.5. The maximum Gasteiger partial charge on any atom is 0.338 e. The lowest BCUT2D eigenvalue weighted by Crippen LogP contribution is -2.37. The topological polar surface area (TPSA) is 64.2 Å². The quantitative estimate of drug-likeness (QED) is 0.618. The molecule has 136 valence electrons. The van der Waals surface area contributed by atoms with Gasteiger partial charge in [-0.05, 0) is 39.3 Å². The molecular formula is C19H28N3O3+. The monoisotopic (exact) mass is 346 g/mol. The van der Waals surface area contributed by atoms with E-state index < -0.39 is 0 Å². The molecule has 0 radical (unpaired) electrons. The molecule has 0 bridgehead atoms. The maximum atomic E-state index is 12.4. The number of nitrogens with one attached hydrogen (secondary N) is 1. The molecule has 0 unspecified atom stereocenters. The van der Waals surface area contributed by atoms with Gasteiger partial charge in [-0.25, -0.2) is 13.9 Å². The first-order chi connectivity index (χ1) is 11.9. The van der Waals surface area contributed by atoms with Crippen LogP contribution in [0.1, 0.15) is 50.3 Å². The van der Waals surface area contributed by atoms with Crippen LogP contribution in [0.3, 0.4) is 0 Å². The van der Waals surface area contributed by atoms with Gasteiger partial charge in [0.05, 0.1) is 18.7 Å². The predicted octanol–water partition coefficient (Wildman–Crippen LogP) is 2.35. The molecule has 0 saturated carbocycles. The number of hydrogen-bond donors (Lipinski definition) is 1. The minimum Gasteiger partial charge on any atom is -0.462 e. The molecule has 1 aromatic carbocycles. The van der Waals surface area contributed by atoms with Gasteiger partial charge in [-0.1, -0.05) is 6.92 Å². The normalized spacial score (nSPS) is 12.2. The van der Waals surface area contributed by atoms with E-state index in [1.54, 1.807) is 13.0 Å². The van der Waals surface area contributed by atoms with Crippen molar-refractivity contribution in [3.63, 3.8) is 0 Å². The number of benzene rings is 1. The molecule has 1 atom stereocenters. The van der Waals surface area contributed by atoms with E-state index in [1.165, 1.54) is 0 Å². The van der Waals surface area contributed by atoms with Crippen molar-refractivity contribution in [2.75, 3.05) is 6.61 Å². The Hall–Kier alpha value is -2.37. The maximum absolute atomic E-state index is 12.4. The lowest BCUT2D eigenvalue weighted by atomic mass is 10.2. The molecule has 0 saturated heterocycles. The second-order valence-electron chi connectivity index (χ2n) is 6.18. The van der Waals surface area contributed by atoms with Crippen molar-refractivity contribution in [1.82, 2.24) is 9.88 Å². The van der Waals surface area contributed by atoms with E-state index in [0.717, 1.165) is 29.8 Å². The molecule has 1 amide bonds. The van der Waals surface area contributed by atoms with Crippen LogP contribution in [-0.4, -0.2) is 29.1 Å². The number of fused-ring (bicyclic) bond motifs is 1. The third-order valence-corrected chi connectivity index (χ3v) is 4.49. The second kappa shape index (κ2) is 8.14. The van der Waals surface area contributed by atoms with Gasteiger partial charge in [0, 0.05) is 19.0 Å². The van der Waals surface area contributed by atoms with Gasteiger partial charge in [-0.2, -0.15) is 0 Å². The summed E-state index contributed by atoms with van der Waals surface area (Å²) in [5.41, 5.74) is 2.37. The number of aromatic nitrogens is 2. The Labute approximate surface area is 148 Å². The smallest absolute Gasteiger partial charge is 0.338 e. The van der Waals surface area contributed by atoms with E-state index in [1.807, 2.05) is 37.5 Å². The molecular weight excluding hydrogens is 318 g/mol. The first-order valence-electron chi connectivity index (χ1n) is 8.92. The Kier molecular flexibility index (Phi) is 6.17. The van der Waals surface area contributed by atoms with Gasteiger partial charge in [-0.15, -0.1) is 0 Å². The zero-order chi connectivity index (χ0) is 18.6. The fraction of sp³-hybridized carbons (Fsp3) is 0.526. The first-order valence-corrected chi connectivity index (χ1v) is 8.92. The average molecular weight is 346 g/mol. The Morgan fingerprint density at radius 3 is 2.60 bits per heavy atom. The Balaban J connectivity index is 2.46. The fourth-order valence-electron chi connectivity index (χ4n) is 2.97. The van der Waals surface area contributed by atoms with Gasteiger partial charge < -0.3 is 10.1 Å². The zero-order valence-electron chi connectivity index (χ0n) is 15.8. The summed E-state index contributed by atoms with van der Waals surface area (Å²) in [7, 11) is 0. The van der Waals surface area contributed by atoms with E-state index in [0.29, 0.717) is 12.2 Å². The van der Waals surface area contributed by atoms with Crippen LogP contribution in [0.15, 0.2) is 18.2 Å². The molecule has 0 spiro atoms. The van der Waals surface area contributed by atoms with Crippen LogP contribution in [0, 0.1) is 6.92 Å². The van der Waals surface area contributed by atoms with Crippen LogP contribution in [-0.2, 0) is 22.6 Å². The van der Waals surface area contributed by atoms with Crippen molar-refractivity contribution >= 4 is 22.9 Å². The summed E-state index contributed by atoms with van der Waals surface area (Å²) < 4.78 is 9.19. The molecule has 2 aromatic rings. The molecule has 0 fully saturated rings. The van der Waals surface area contributed by atoms with Gasteiger partial charge >= 0.3 is 5.97 Å². The molecule has 6 heteroatoms. The van der Waals surface area contributed by atoms with E-state index in [4.69, 9.17) is 4.74 Å². The number of carbonyl (C=O) groups excluding carboxylic acids is 2. The van der Waals surface area contributed by atoms with Gasteiger partial charge in [0.25, 0.3) is 11.7 Å². The minimum atomic E-state index is -0.345. The third-order valence-electron chi connectivity index (χ3n) is 4.49. The summed E-state index contributed by atoms with van der Waals surface area (Å²) in [6, 6.07) is 5.64. The summed E-state index contributed by atoms with van der Waals surface area (Å²) in [4.78, 5) is 24.4. The van der Waals surface area contributed by atoms with Gasteiger partial charge in [0.2, 0.25) is 0 Å². The summed E-state index contributed by atoms with van der Waals surface area (Å²) in [6.07, 6.45) is 0.888. The summed E-state index contributed by atoms with van der Waals surface area (Å²) in [5.74, 6) is 0.610. The highest BCUT2D eigenvalue weighted by molar-refractivity contribution is 5.93. The van der Waals surface area contributed by atoms with Gasteiger partial charge in [-0.3, -0.25) is 4.79 Å². The fourth-order valence-corrected chi connectivity index (χ4v) is 2.97. The number of amides is 1. The standard InChI is InChI=1S/C19H27N3O3/c1-6-13(4)20-18(23)12-22-14(5)21(7-2)16-10-9-15(11-17(16)22)19(24)25-8-3/h9-11,13H,6-8,12H2,1-5H3/p+1/t13-/m1/s1. The van der Waals surface area contributed by atoms with Crippen molar-refractivity contribution < 1.29 is 18.9 Å².